The number of H-pyrrole nitrogens is 1. The monoisotopic (exact) mass is 239 g/mol. The minimum absolute atomic E-state index is 0.0266. The number of anilines is 1. The van der Waals surface area contributed by atoms with Crippen molar-refractivity contribution in [2.24, 2.45) is 5.41 Å². The molecule has 0 saturated heterocycles. The molecule has 0 aromatic carbocycles. The van der Waals surface area contributed by atoms with Crippen LogP contribution in [-0.2, 0) is 0 Å². The van der Waals surface area contributed by atoms with Crippen LogP contribution in [0.3, 0.4) is 0 Å². The van der Waals surface area contributed by atoms with Gasteiger partial charge in [-0.05, 0) is 5.41 Å². The first-order valence-electron chi connectivity index (χ1n) is 5.06. The molecule has 2 N–H and O–H groups in total. The summed E-state index contributed by atoms with van der Waals surface area (Å²) >= 11 is 5.86. The van der Waals surface area contributed by atoms with E-state index in [0.717, 1.165) is 17.9 Å². The smallest absolute Gasteiger partial charge is 0.182 e. The molecule has 86 valence electrons. The Morgan fingerprint density at radius 3 is 2.94 bits per heavy atom. The van der Waals surface area contributed by atoms with E-state index in [1.54, 1.807) is 6.33 Å². The fourth-order valence-corrected chi connectivity index (χ4v) is 1.36. The second kappa shape index (κ2) is 4.25. The summed E-state index contributed by atoms with van der Waals surface area (Å²) in [5.41, 5.74) is 1.52. The van der Waals surface area contributed by atoms with Gasteiger partial charge >= 0.3 is 0 Å². The predicted molar refractivity (Wildman–Crippen MR) is 64.7 cm³/mol. The Kier molecular flexibility index (Phi) is 2.96. The third-order valence-corrected chi connectivity index (χ3v) is 3.04. The van der Waals surface area contributed by atoms with Gasteiger partial charge in [0.05, 0.1) is 6.33 Å². The van der Waals surface area contributed by atoms with Crippen LogP contribution < -0.4 is 5.32 Å². The van der Waals surface area contributed by atoms with Gasteiger partial charge in [0.2, 0.25) is 0 Å². The lowest BCUT2D eigenvalue weighted by Crippen LogP contribution is -2.25. The molecule has 16 heavy (non-hydrogen) atoms. The first-order valence-corrected chi connectivity index (χ1v) is 5.60. The van der Waals surface area contributed by atoms with Gasteiger partial charge in [-0.2, -0.15) is 0 Å². The average molecular weight is 240 g/mol. The quantitative estimate of drug-likeness (QED) is 0.802. The number of aromatic amines is 1. The summed E-state index contributed by atoms with van der Waals surface area (Å²) in [6.45, 7) is 4.94. The first kappa shape index (κ1) is 11.1. The summed E-state index contributed by atoms with van der Waals surface area (Å²) in [5, 5.41) is 3.26. The zero-order valence-electron chi connectivity index (χ0n) is 9.29. The molecular weight excluding hydrogens is 226 g/mol. The number of hydrogen-bond donors (Lipinski definition) is 2. The van der Waals surface area contributed by atoms with Gasteiger partial charge in [0.25, 0.3) is 0 Å². The molecule has 2 aromatic heterocycles. The Morgan fingerprint density at radius 1 is 1.38 bits per heavy atom. The number of imidazole rings is 1. The number of rotatable bonds is 4. The van der Waals surface area contributed by atoms with Gasteiger partial charge in [0.15, 0.2) is 11.5 Å². The summed E-state index contributed by atoms with van der Waals surface area (Å²) in [7, 11) is 0. The molecule has 2 aromatic rings. The highest BCUT2D eigenvalue weighted by atomic mass is 35.5. The summed E-state index contributed by atoms with van der Waals surface area (Å²) in [4.78, 5) is 15.3. The molecule has 0 aliphatic rings. The summed E-state index contributed by atoms with van der Waals surface area (Å²) in [5.74, 6) is 1.36. The molecule has 0 fully saturated rings. The lowest BCUT2D eigenvalue weighted by molar-refractivity contribution is 0.450. The van der Waals surface area contributed by atoms with Gasteiger partial charge in [-0.1, -0.05) is 13.8 Å². The van der Waals surface area contributed by atoms with Crippen molar-refractivity contribution >= 4 is 28.6 Å². The van der Waals surface area contributed by atoms with Gasteiger partial charge in [-0.25, -0.2) is 15.0 Å². The maximum atomic E-state index is 5.86. The van der Waals surface area contributed by atoms with E-state index < -0.39 is 0 Å². The van der Waals surface area contributed by atoms with Gasteiger partial charge in [-0.3, -0.25) is 0 Å². The van der Waals surface area contributed by atoms with Crippen molar-refractivity contribution in [3.8, 4) is 0 Å². The number of alkyl halides is 1. The Bertz CT molecular complexity index is 479. The molecule has 0 amide bonds. The van der Waals surface area contributed by atoms with Crippen LogP contribution in [-0.4, -0.2) is 32.4 Å². The van der Waals surface area contributed by atoms with Crippen LogP contribution in [0, 0.1) is 5.41 Å². The van der Waals surface area contributed by atoms with Crippen molar-refractivity contribution in [2.75, 3.05) is 17.7 Å². The molecule has 0 spiro atoms. The van der Waals surface area contributed by atoms with Gasteiger partial charge in [0.1, 0.15) is 11.8 Å². The normalized spacial score (nSPS) is 11.9. The van der Waals surface area contributed by atoms with E-state index in [4.69, 9.17) is 11.6 Å². The maximum absolute atomic E-state index is 5.86. The lowest BCUT2D eigenvalue weighted by Gasteiger charge is -2.21. The lowest BCUT2D eigenvalue weighted by atomic mass is 9.97. The predicted octanol–water partition coefficient (Wildman–Crippen LogP) is 2.03. The molecule has 5 nitrogen and oxygen atoms in total. The highest BCUT2D eigenvalue weighted by Gasteiger charge is 2.17. The number of hydrogen-bond acceptors (Lipinski definition) is 4. The van der Waals surface area contributed by atoms with Crippen LogP contribution in [0.5, 0.6) is 0 Å². The Balaban J connectivity index is 2.18. The van der Waals surface area contributed by atoms with Crippen LogP contribution in [0.4, 0.5) is 5.82 Å². The Hall–Kier alpha value is -1.36. The first-order chi connectivity index (χ1) is 7.62. The summed E-state index contributed by atoms with van der Waals surface area (Å²) < 4.78 is 0. The minimum Gasteiger partial charge on any atom is -0.368 e. The van der Waals surface area contributed by atoms with Crippen LogP contribution in [0.2, 0.25) is 0 Å². The third-order valence-electron chi connectivity index (χ3n) is 2.32. The van der Waals surface area contributed by atoms with Crippen LogP contribution in [0.1, 0.15) is 13.8 Å². The van der Waals surface area contributed by atoms with E-state index in [1.807, 2.05) is 0 Å². The van der Waals surface area contributed by atoms with E-state index in [1.165, 1.54) is 6.33 Å². The van der Waals surface area contributed by atoms with E-state index in [2.05, 4.69) is 39.1 Å². The van der Waals surface area contributed by atoms with Crippen LogP contribution in [0.15, 0.2) is 12.7 Å². The molecular formula is C10H14ClN5. The fourth-order valence-electron chi connectivity index (χ4n) is 1.27. The molecule has 2 rings (SSSR count). The summed E-state index contributed by atoms with van der Waals surface area (Å²) in [6.07, 6.45) is 3.11. The molecule has 6 heteroatoms. The zero-order chi connectivity index (χ0) is 11.6. The van der Waals surface area contributed by atoms with Crippen molar-refractivity contribution in [3.05, 3.63) is 12.7 Å². The topological polar surface area (TPSA) is 66.5 Å². The van der Waals surface area contributed by atoms with E-state index in [9.17, 15) is 0 Å². The summed E-state index contributed by atoms with van der Waals surface area (Å²) in [6, 6.07) is 0. The number of fused-ring (bicyclic) bond motifs is 1. The zero-order valence-corrected chi connectivity index (χ0v) is 10.0. The van der Waals surface area contributed by atoms with Crippen molar-refractivity contribution < 1.29 is 0 Å². The van der Waals surface area contributed by atoms with Crippen LogP contribution >= 0.6 is 11.6 Å². The standard InChI is InChI=1S/C10H14ClN5/c1-10(2,3-11)4-12-8-7-9(14-5-13-7)16-6-15-8/h5-6H,3-4H2,1-2H3,(H2,12,13,14,15,16). The van der Waals surface area contributed by atoms with Gasteiger partial charge < -0.3 is 10.3 Å². The highest BCUT2D eigenvalue weighted by molar-refractivity contribution is 6.18. The average Bonchev–Trinajstić information content (AvgIpc) is 2.75. The van der Waals surface area contributed by atoms with Crippen molar-refractivity contribution in [3.63, 3.8) is 0 Å². The Morgan fingerprint density at radius 2 is 2.19 bits per heavy atom. The van der Waals surface area contributed by atoms with Crippen molar-refractivity contribution in [1.82, 2.24) is 19.9 Å². The van der Waals surface area contributed by atoms with Gasteiger partial charge in [0, 0.05) is 12.4 Å². The molecule has 0 radical (unpaired) electrons. The number of nitrogens with one attached hydrogen (secondary N) is 2. The number of halogens is 1. The molecule has 0 saturated carbocycles. The van der Waals surface area contributed by atoms with Crippen molar-refractivity contribution in [1.29, 1.82) is 0 Å². The van der Waals surface area contributed by atoms with E-state index in [-0.39, 0.29) is 5.41 Å². The highest BCUT2D eigenvalue weighted by Crippen LogP contribution is 2.20. The molecule has 0 atom stereocenters. The van der Waals surface area contributed by atoms with E-state index >= 15 is 0 Å². The molecule has 0 aliphatic carbocycles. The largest absolute Gasteiger partial charge is 0.368 e. The second-order valence-corrected chi connectivity index (χ2v) is 4.74. The minimum atomic E-state index is 0.0266. The fraction of sp³-hybridized carbons (Fsp3) is 0.500. The molecule has 0 bridgehead atoms. The van der Waals surface area contributed by atoms with Crippen LogP contribution in [0.25, 0.3) is 11.2 Å². The number of aromatic nitrogens is 4. The van der Waals surface area contributed by atoms with Gasteiger partial charge in [-0.15, -0.1) is 11.6 Å². The SMILES string of the molecule is CC(C)(CCl)CNc1ncnc2nc[nH]c12. The van der Waals surface area contributed by atoms with E-state index in [0.29, 0.717) is 11.5 Å². The molecule has 2 heterocycles. The number of nitrogens with zero attached hydrogens (tertiary/aromatic N) is 3. The Labute approximate surface area is 98.7 Å². The molecule has 0 aliphatic heterocycles. The molecule has 0 unspecified atom stereocenters. The maximum Gasteiger partial charge on any atom is 0.182 e. The van der Waals surface area contributed by atoms with Crippen molar-refractivity contribution in [2.45, 2.75) is 13.8 Å². The third kappa shape index (κ3) is 2.24. The second-order valence-electron chi connectivity index (χ2n) is 4.47.